The van der Waals surface area contributed by atoms with Crippen LogP contribution in [-0.4, -0.2) is 50.5 Å². The van der Waals surface area contributed by atoms with Crippen molar-refractivity contribution in [3.8, 4) is 0 Å². The van der Waals surface area contributed by atoms with Crippen LogP contribution in [0.15, 0.2) is 0 Å². The van der Waals surface area contributed by atoms with Crippen LogP contribution >= 0.6 is 0 Å². The zero-order valence-corrected chi connectivity index (χ0v) is 10.8. The molecule has 1 aliphatic carbocycles. The van der Waals surface area contributed by atoms with Crippen LogP contribution < -0.4 is 5.32 Å². The van der Waals surface area contributed by atoms with Crippen LogP contribution in [0.4, 0.5) is 0 Å². The van der Waals surface area contributed by atoms with Gasteiger partial charge in [-0.05, 0) is 32.6 Å². The van der Waals surface area contributed by atoms with Gasteiger partial charge in [-0.1, -0.05) is 0 Å². The van der Waals surface area contributed by atoms with E-state index >= 15 is 0 Å². The molecule has 2 heterocycles. The van der Waals surface area contributed by atoms with Crippen LogP contribution in [0.3, 0.4) is 0 Å². The number of carbonyl (C=O) groups excluding carboxylic acids is 2. The molecule has 2 fully saturated rings. The number of aryl methyl sites for hydroxylation is 1. The Balaban J connectivity index is 1.71. The van der Waals surface area contributed by atoms with Gasteiger partial charge in [0, 0.05) is 12.6 Å². The molecule has 1 saturated heterocycles. The normalized spacial score (nSPS) is 22.6. The van der Waals surface area contributed by atoms with Crippen molar-refractivity contribution in [2.45, 2.75) is 44.7 Å². The molecular formula is C12H17N5O2. The number of likely N-dealkylation sites (tertiary alicyclic amines) is 1. The summed E-state index contributed by atoms with van der Waals surface area (Å²) in [5, 5.41) is 9.47. The summed E-state index contributed by atoms with van der Waals surface area (Å²) in [4.78, 5) is 30.0. The molecule has 1 unspecified atom stereocenters. The third kappa shape index (κ3) is 2.45. The summed E-state index contributed by atoms with van der Waals surface area (Å²) in [6.45, 7) is 2.33. The number of hydrogen-bond acceptors (Lipinski definition) is 4. The third-order valence-electron chi connectivity index (χ3n) is 3.53. The van der Waals surface area contributed by atoms with E-state index in [0.29, 0.717) is 24.8 Å². The number of amides is 2. The number of rotatable bonds is 3. The molecule has 1 saturated carbocycles. The van der Waals surface area contributed by atoms with Crippen LogP contribution in [0.1, 0.15) is 42.1 Å². The summed E-state index contributed by atoms with van der Waals surface area (Å²) in [5.41, 5.74) is 0. The summed E-state index contributed by atoms with van der Waals surface area (Å²) in [6, 6.07) is -0.0530. The van der Waals surface area contributed by atoms with E-state index in [9.17, 15) is 9.59 Å². The summed E-state index contributed by atoms with van der Waals surface area (Å²) in [5.74, 6) is 0.434. The molecule has 7 nitrogen and oxygen atoms in total. The monoisotopic (exact) mass is 263 g/mol. The average molecular weight is 263 g/mol. The van der Waals surface area contributed by atoms with Gasteiger partial charge in [-0.2, -0.15) is 0 Å². The molecule has 0 bridgehead atoms. The molecule has 2 aliphatic rings. The van der Waals surface area contributed by atoms with Gasteiger partial charge >= 0.3 is 0 Å². The number of hydrogen-bond donors (Lipinski definition) is 2. The minimum absolute atomic E-state index is 0.0411. The Labute approximate surface area is 110 Å². The Morgan fingerprint density at radius 2 is 2.16 bits per heavy atom. The van der Waals surface area contributed by atoms with E-state index in [4.69, 9.17) is 0 Å². The van der Waals surface area contributed by atoms with E-state index in [1.165, 1.54) is 0 Å². The van der Waals surface area contributed by atoms with Gasteiger partial charge < -0.3 is 10.2 Å². The number of aromatic amines is 1. The molecule has 3 rings (SSSR count). The van der Waals surface area contributed by atoms with Crippen molar-refractivity contribution >= 4 is 11.8 Å². The Morgan fingerprint density at radius 3 is 2.79 bits per heavy atom. The van der Waals surface area contributed by atoms with Crippen LogP contribution in [0.25, 0.3) is 0 Å². The van der Waals surface area contributed by atoms with Gasteiger partial charge in [0.05, 0.1) is 0 Å². The molecule has 19 heavy (non-hydrogen) atoms. The Bertz CT molecular complexity index is 508. The molecule has 7 heteroatoms. The minimum Gasteiger partial charge on any atom is -0.352 e. The predicted octanol–water partition coefficient (Wildman–Crippen LogP) is -0.00368. The summed E-state index contributed by atoms with van der Waals surface area (Å²) in [6.07, 6.45) is 3.66. The lowest BCUT2D eigenvalue weighted by Gasteiger charge is -2.22. The lowest BCUT2D eigenvalue weighted by atomic mass is 10.2. The van der Waals surface area contributed by atoms with Crippen molar-refractivity contribution in [1.29, 1.82) is 0 Å². The SMILES string of the molecule is Cc1nc(C(=O)N2CCCC2C(=O)NC2CC2)n[nH]1. The Kier molecular flexibility index (Phi) is 2.96. The number of nitrogens with one attached hydrogen (secondary N) is 2. The molecule has 102 valence electrons. The highest BCUT2D eigenvalue weighted by atomic mass is 16.2. The van der Waals surface area contributed by atoms with Gasteiger partial charge in [0.15, 0.2) is 0 Å². The number of nitrogens with zero attached hydrogens (tertiary/aromatic N) is 3. The molecular weight excluding hydrogens is 246 g/mol. The van der Waals surface area contributed by atoms with Gasteiger partial charge in [0.2, 0.25) is 11.7 Å². The molecule has 1 aromatic rings. The first-order valence-electron chi connectivity index (χ1n) is 6.65. The second-order valence-corrected chi connectivity index (χ2v) is 5.18. The zero-order chi connectivity index (χ0) is 13.4. The number of H-pyrrole nitrogens is 1. The van der Waals surface area contributed by atoms with E-state index in [0.717, 1.165) is 19.3 Å². The van der Waals surface area contributed by atoms with Crippen molar-refractivity contribution in [2.75, 3.05) is 6.54 Å². The average Bonchev–Trinajstić information content (AvgIpc) is 2.92. The molecule has 1 aliphatic heterocycles. The Morgan fingerprint density at radius 1 is 1.37 bits per heavy atom. The van der Waals surface area contributed by atoms with Crippen molar-refractivity contribution in [3.63, 3.8) is 0 Å². The van der Waals surface area contributed by atoms with Crippen LogP contribution in [0.2, 0.25) is 0 Å². The standard InChI is InChI=1S/C12H17N5O2/c1-7-13-10(16-15-7)12(19)17-6-2-3-9(17)11(18)14-8-4-5-8/h8-9H,2-6H2,1H3,(H,14,18)(H,13,15,16). The van der Waals surface area contributed by atoms with Gasteiger partial charge in [-0.25, -0.2) is 4.98 Å². The van der Waals surface area contributed by atoms with Crippen molar-refractivity contribution < 1.29 is 9.59 Å². The van der Waals surface area contributed by atoms with Crippen LogP contribution in [0.5, 0.6) is 0 Å². The highest BCUT2D eigenvalue weighted by Gasteiger charge is 2.37. The highest BCUT2D eigenvalue weighted by molar-refractivity contribution is 5.95. The quantitative estimate of drug-likeness (QED) is 0.802. The first kappa shape index (κ1) is 12.1. The van der Waals surface area contributed by atoms with Crippen molar-refractivity contribution in [3.05, 3.63) is 11.6 Å². The first-order valence-corrected chi connectivity index (χ1v) is 6.65. The fourth-order valence-electron chi connectivity index (χ4n) is 2.37. The van der Waals surface area contributed by atoms with E-state index in [1.807, 2.05) is 0 Å². The minimum atomic E-state index is -0.369. The molecule has 2 amide bonds. The maximum atomic E-state index is 12.3. The predicted molar refractivity (Wildman–Crippen MR) is 66.3 cm³/mol. The molecule has 1 aromatic heterocycles. The van der Waals surface area contributed by atoms with Crippen molar-refractivity contribution in [2.24, 2.45) is 0 Å². The Hall–Kier alpha value is -1.92. The summed E-state index contributed by atoms with van der Waals surface area (Å²) in [7, 11) is 0. The fourth-order valence-corrected chi connectivity index (χ4v) is 2.37. The molecule has 0 aromatic carbocycles. The highest BCUT2D eigenvalue weighted by Crippen LogP contribution is 2.23. The maximum absolute atomic E-state index is 12.3. The smallest absolute Gasteiger partial charge is 0.294 e. The zero-order valence-electron chi connectivity index (χ0n) is 10.8. The lowest BCUT2D eigenvalue weighted by Crippen LogP contribution is -2.46. The summed E-state index contributed by atoms with van der Waals surface area (Å²) < 4.78 is 0. The topological polar surface area (TPSA) is 91.0 Å². The number of aromatic nitrogens is 3. The molecule has 2 N–H and O–H groups in total. The van der Waals surface area contributed by atoms with E-state index in [-0.39, 0.29) is 23.7 Å². The molecule has 0 radical (unpaired) electrons. The second kappa shape index (κ2) is 4.64. The van der Waals surface area contributed by atoms with Crippen molar-refractivity contribution in [1.82, 2.24) is 25.4 Å². The lowest BCUT2D eigenvalue weighted by molar-refractivity contribution is -0.125. The van der Waals surface area contributed by atoms with Gasteiger partial charge in [-0.15, -0.1) is 5.10 Å². The first-order chi connectivity index (χ1) is 9.15. The number of carbonyl (C=O) groups is 2. The molecule has 1 atom stereocenters. The van der Waals surface area contributed by atoms with Crippen LogP contribution in [0, 0.1) is 6.92 Å². The second-order valence-electron chi connectivity index (χ2n) is 5.18. The van der Waals surface area contributed by atoms with E-state index in [2.05, 4.69) is 20.5 Å². The fraction of sp³-hybridized carbons (Fsp3) is 0.667. The molecule has 0 spiro atoms. The van der Waals surface area contributed by atoms with Gasteiger partial charge in [0.25, 0.3) is 5.91 Å². The largest absolute Gasteiger partial charge is 0.352 e. The van der Waals surface area contributed by atoms with Crippen LogP contribution in [-0.2, 0) is 4.79 Å². The van der Waals surface area contributed by atoms with E-state index in [1.54, 1.807) is 11.8 Å². The van der Waals surface area contributed by atoms with Gasteiger partial charge in [0.1, 0.15) is 11.9 Å². The van der Waals surface area contributed by atoms with Gasteiger partial charge in [-0.3, -0.25) is 14.7 Å². The van der Waals surface area contributed by atoms with E-state index < -0.39 is 0 Å². The summed E-state index contributed by atoms with van der Waals surface area (Å²) >= 11 is 0. The third-order valence-corrected chi connectivity index (χ3v) is 3.53. The maximum Gasteiger partial charge on any atom is 0.294 e.